The molecular formula is C15H20N2OS2. The van der Waals surface area contributed by atoms with E-state index in [1.165, 1.54) is 22.6 Å². The predicted octanol–water partition coefficient (Wildman–Crippen LogP) is 3.61. The first-order valence-corrected chi connectivity index (χ1v) is 8.90. The molecule has 2 aromatic rings. The summed E-state index contributed by atoms with van der Waals surface area (Å²) in [6, 6.07) is 4.97. The number of unbranched alkanes of at least 4 members (excludes halogenated alkanes) is 1. The van der Waals surface area contributed by atoms with Crippen molar-refractivity contribution in [2.45, 2.75) is 38.3 Å². The molecule has 0 saturated heterocycles. The summed E-state index contributed by atoms with van der Waals surface area (Å²) < 4.78 is 0. The van der Waals surface area contributed by atoms with Crippen LogP contribution in [-0.4, -0.2) is 34.2 Å². The van der Waals surface area contributed by atoms with Gasteiger partial charge in [-0.3, -0.25) is 4.90 Å². The Bertz CT molecular complexity index is 520. The minimum absolute atomic E-state index is 0.307. The Kier molecular flexibility index (Phi) is 4.83. The van der Waals surface area contributed by atoms with Crippen LogP contribution >= 0.6 is 22.7 Å². The Morgan fingerprint density at radius 3 is 2.95 bits per heavy atom. The molecule has 1 aliphatic carbocycles. The van der Waals surface area contributed by atoms with E-state index in [1.807, 2.05) is 17.5 Å². The lowest BCUT2D eigenvalue weighted by molar-refractivity contribution is 0.230. The molecule has 0 atom stereocenters. The molecule has 0 spiro atoms. The number of rotatable bonds is 8. The van der Waals surface area contributed by atoms with Crippen LogP contribution in [0.25, 0.3) is 9.88 Å². The highest BCUT2D eigenvalue weighted by atomic mass is 32.1. The van der Waals surface area contributed by atoms with E-state index in [2.05, 4.69) is 27.4 Å². The zero-order valence-electron chi connectivity index (χ0n) is 11.5. The van der Waals surface area contributed by atoms with Gasteiger partial charge in [-0.05, 0) is 43.7 Å². The van der Waals surface area contributed by atoms with Crippen LogP contribution < -0.4 is 0 Å². The molecule has 108 valence electrons. The van der Waals surface area contributed by atoms with Crippen molar-refractivity contribution in [2.24, 2.45) is 0 Å². The molecule has 1 N–H and O–H groups in total. The molecule has 0 aromatic carbocycles. The van der Waals surface area contributed by atoms with Gasteiger partial charge in [-0.1, -0.05) is 6.07 Å². The third-order valence-corrected chi connectivity index (χ3v) is 5.58. The first-order valence-electron chi connectivity index (χ1n) is 7.20. The van der Waals surface area contributed by atoms with Crippen molar-refractivity contribution in [3.8, 4) is 9.88 Å². The maximum Gasteiger partial charge on any atom is 0.133 e. The molecule has 2 heterocycles. The summed E-state index contributed by atoms with van der Waals surface area (Å²) in [6.07, 6.45) is 6.68. The van der Waals surface area contributed by atoms with E-state index in [1.54, 1.807) is 11.3 Å². The Morgan fingerprint density at radius 2 is 2.25 bits per heavy atom. The third-order valence-electron chi connectivity index (χ3n) is 3.56. The smallest absolute Gasteiger partial charge is 0.133 e. The van der Waals surface area contributed by atoms with Crippen molar-refractivity contribution in [1.82, 2.24) is 9.88 Å². The Morgan fingerprint density at radius 1 is 1.35 bits per heavy atom. The van der Waals surface area contributed by atoms with Gasteiger partial charge in [0.05, 0.1) is 4.88 Å². The molecule has 1 saturated carbocycles. The first-order chi connectivity index (χ1) is 9.86. The van der Waals surface area contributed by atoms with E-state index in [0.29, 0.717) is 6.61 Å². The summed E-state index contributed by atoms with van der Waals surface area (Å²) in [5.41, 5.74) is 0. The molecule has 2 aromatic heterocycles. The van der Waals surface area contributed by atoms with Crippen LogP contribution in [0.15, 0.2) is 23.7 Å². The number of thiophene rings is 1. The minimum atomic E-state index is 0.307. The van der Waals surface area contributed by atoms with Crippen LogP contribution in [0.5, 0.6) is 0 Å². The Hall–Kier alpha value is -0.750. The summed E-state index contributed by atoms with van der Waals surface area (Å²) in [5.74, 6) is 0. The molecule has 0 unspecified atom stereocenters. The standard InChI is InChI=1S/C15H20N2OS2/c18-8-2-1-7-17(12-5-6-12)11-13-10-16-15(20-13)14-4-3-9-19-14/h3-4,9-10,12,18H,1-2,5-8,11H2. The maximum atomic E-state index is 8.91. The lowest BCUT2D eigenvalue weighted by Gasteiger charge is -2.20. The second-order valence-corrected chi connectivity index (χ2v) is 7.30. The van der Waals surface area contributed by atoms with Gasteiger partial charge in [0.25, 0.3) is 0 Å². The number of thiazole rings is 1. The normalized spacial score (nSPS) is 15.1. The molecular weight excluding hydrogens is 288 g/mol. The zero-order chi connectivity index (χ0) is 13.8. The summed E-state index contributed by atoms with van der Waals surface area (Å²) >= 11 is 3.56. The number of aliphatic hydroxyl groups is 1. The van der Waals surface area contributed by atoms with Crippen molar-refractivity contribution in [3.05, 3.63) is 28.6 Å². The second kappa shape index (κ2) is 6.80. The van der Waals surface area contributed by atoms with E-state index in [-0.39, 0.29) is 0 Å². The maximum absolute atomic E-state index is 8.91. The van der Waals surface area contributed by atoms with Crippen molar-refractivity contribution in [2.75, 3.05) is 13.2 Å². The van der Waals surface area contributed by atoms with E-state index < -0.39 is 0 Å². The average Bonchev–Trinajstić information content (AvgIpc) is 2.97. The van der Waals surface area contributed by atoms with Crippen LogP contribution in [0.2, 0.25) is 0 Å². The monoisotopic (exact) mass is 308 g/mol. The number of aromatic nitrogens is 1. The number of aliphatic hydroxyl groups excluding tert-OH is 1. The largest absolute Gasteiger partial charge is 0.396 e. The lowest BCUT2D eigenvalue weighted by atomic mass is 10.3. The quantitative estimate of drug-likeness (QED) is 0.757. The average molecular weight is 308 g/mol. The molecule has 1 aliphatic rings. The van der Waals surface area contributed by atoms with Gasteiger partial charge in [0.1, 0.15) is 5.01 Å². The summed E-state index contributed by atoms with van der Waals surface area (Å²) in [4.78, 5) is 9.72. The summed E-state index contributed by atoms with van der Waals surface area (Å²) in [6.45, 7) is 2.41. The highest BCUT2D eigenvalue weighted by Crippen LogP contribution is 2.32. The van der Waals surface area contributed by atoms with Crippen LogP contribution in [0, 0.1) is 0 Å². The topological polar surface area (TPSA) is 36.4 Å². The molecule has 0 radical (unpaired) electrons. The van der Waals surface area contributed by atoms with Crippen LogP contribution in [0.1, 0.15) is 30.6 Å². The van der Waals surface area contributed by atoms with Gasteiger partial charge < -0.3 is 5.11 Å². The number of hydrogen-bond donors (Lipinski definition) is 1. The fraction of sp³-hybridized carbons (Fsp3) is 0.533. The lowest BCUT2D eigenvalue weighted by Crippen LogP contribution is -2.26. The van der Waals surface area contributed by atoms with Crippen molar-refractivity contribution >= 4 is 22.7 Å². The summed E-state index contributed by atoms with van der Waals surface area (Å²) in [7, 11) is 0. The van der Waals surface area contributed by atoms with Gasteiger partial charge in [0.15, 0.2) is 0 Å². The molecule has 20 heavy (non-hydrogen) atoms. The van der Waals surface area contributed by atoms with Gasteiger partial charge in [0.2, 0.25) is 0 Å². The Balaban J connectivity index is 1.60. The minimum Gasteiger partial charge on any atom is -0.396 e. The molecule has 0 bridgehead atoms. The zero-order valence-corrected chi connectivity index (χ0v) is 13.1. The van der Waals surface area contributed by atoms with Crippen LogP contribution in [0.4, 0.5) is 0 Å². The van der Waals surface area contributed by atoms with Gasteiger partial charge >= 0.3 is 0 Å². The third kappa shape index (κ3) is 3.67. The van der Waals surface area contributed by atoms with Crippen LogP contribution in [0.3, 0.4) is 0 Å². The first kappa shape index (κ1) is 14.2. The highest BCUT2D eigenvalue weighted by Gasteiger charge is 2.28. The number of nitrogens with zero attached hydrogens (tertiary/aromatic N) is 2. The summed E-state index contributed by atoms with van der Waals surface area (Å²) in [5, 5.41) is 12.1. The van der Waals surface area contributed by atoms with E-state index in [4.69, 9.17) is 5.11 Å². The van der Waals surface area contributed by atoms with Crippen LogP contribution in [-0.2, 0) is 6.54 Å². The SMILES string of the molecule is OCCCCN(Cc1cnc(-c2cccs2)s1)C1CC1. The fourth-order valence-corrected chi connectivity index (χ4v) is 4.09. The van der Waals surface area contributed by atoms with Gasteiger partial charge in [0, 0.05) is 30.3 Å². The predicted molar refractivity (Wildman–Crippen MR) is 85.2 cm³/mol. The molecule has 5 heteroatoms. The van der Waals surface area contributed by atoms with E-state index in [9.17, 15) is 0 Å². The number of hydrogen-bond acceptors (Lipinski definition) is 5. The molecule has 0 aliphatic heterocycles. The highest BCUT2D eigenvalue weighted by molar-refractivity contribution is 7.20. The molecule has 1 fully saturated rings. The van der Waals surface area contributed by atoms with Gasteiger partial charge in [-0.25, -0.2) is 4.98 Å². The van der Waals surface area contributed by atoms with E-state index >= 15 is 0 Å². The second-order valence-electron chi connectivity index (χ2n) is 5.24. The van der Waals surface area contributed by atoms with Crippen molar-refractivity contribution in [1.29, 1.82) is 0 Å². The Labute approximate surface area is 127 Å². The van der Waals surface area contributed by atoms with Crippen molar-refractivity contribution in [3.63, 3.8) is 0 Å². The van der Waals surface area contributed by atoms with Crippen molar-refractivity contribution < 1.29 is 5.11 Å². The molecule has 3 rings (SSSR count). The van der Waals surface area contributed by atoms with E-state index in [0.717, 1.165) is 37.0 Å². The van der Waals surface area contributed by atoms with Gasteiger partial charge in [-0.2, -0.15) is 0 Å². The fourth-order valence-electron chi connectivity index (χ4n) is 2.35. The molecule has 3 nitrogen and oxygen atoms in total. The van der Waals surface area contributed by atoms with Gasteiger partial charge in [-0.15, -0.1) is 22.7 Å². The molecule has 0 amide bonds.